The van der Waals surface area contributed by atoms with Gasteiger partial charge in [-0.1, -0.05) is 42.5 Å². The summed E-state index contributed by atoms with van der Waals surface area (Å²) in [6, 6.07) is 8.77. The summed E-state index contributed by atoms with van der Waals surface area (Å²) in [5.74, 6) is 0.0323. The highest BCUT2D eigenvalue weighted by Crippen LogP contribution is 2.46. The molecule has 0 radical (unpaired) electrons. The van der Waals surface area contributed by atoms with Crippen LogP contribution in [0.25, 0.3) is 0 Å². The lowest BCUT2D eigenvalue weighted by atomic mass is 9.86. The van der Waals surface area contributed by atoms with Crippen LogP contribution in [0.3, 0.4) is 0 Å². The Morgan fingerprint density at radius 2 is 1.84 bits per heavy atom. The van der Waals surface area contributed by atoms with E-state index in [1.165, 1.54) is 51.4 Å². The van der Waals surface area contributed by atoms with Crippen LogP contribution < -0.4 is 4.74 Å². The normalized spacial score (nSPS) is 20.7. The minimum atomic E-state index is -0.766. The zero-order chi connectivity index (χ0) is 26.2. The fraction of sp³-hybridized carbons (Fsp3) is 0.567. The molecule has 2 fully saturated rings. The Labute approximate surface area is 232 Å². The number of nitrogens with zero attached hydrogens (tertiary/aromatic N) is 2. The quantitative estimate of drug-likeness (QED) is 0.219. The number of rotatable bonds is 9. The van der Waals surface area contributed by atoms with Gasteiger partial charge < -0.3 is 14.5 Å². The van der Waals surface area contributed by atoms with Gasteiger partial charge in [0.15, 0.2) is 11.6 Å². The molecule has 0 N–H and O–H groups in total. The number of piperidine rings is 1. The second-order valence-corrected chi connectivity index (χ2v) is 13.8. The third kappa shape index (κ3) is 6.47. The molecule has 7 heteroatoms. The molecule has 37 heavy (non-hydrogen) atoms. The van der Waals surface area contributed by atoms with Gasteiger partial charge in [-0.2, -0.15) is 0 Å². The second-order valence-electron chi connectivity index (χ2n) is 11.5. The summed E-state index contributed by atoms with van der Waals surface area (Å²) in [5, 5.41) is 0. The Kier molecular flexibility index (Phi) is 8.10. The third-order valence-corrected chi connectivity index (χ3v) is 9.78. The Bertz CT molecular complexity index is 1130. The lowest BCUT2D eigenvalue weighted by Gasteiger charge is -2.39. The van der Waals surface area contributed by atoms with Gasteiger partial charge in [0, 0.05) is 34.2 Å². The molecule has 5 rings (SSSR count). The standard InChI is InChI=1S/C30H37F2IN2O2/c1-20(2)27(7-3-21-9-14-34(15-10-21)19-30(33)12-13-30)35-16-11-22-4-6-24(18-25(22)29(35)36)37-28-8-5-23(31)17-26(28)32/h4-6,8,17-18,20-21,27H,3,7,9-16,19H2,1-2H3. The van der Waals surface area contributed by atoms with E-state index in [2.05, 4.69) is 46.2 Å². The maximum Gasteiger partial charge on any atom is 0.254 e. The molecule has 2 aliphatic heterocycles. The van der Waals surface area contributed by atoms with Gasteiger partial charge in [0.25, 0.3) is 5.91 Å². The van der Waals surface area contributed by atoms with Crippen molar-refractivity contribution in [2.24, 2.45) is 11.8 Å². The number of alkyl halides is 1. The molecule has 0 spiro atoms. The molecule has 3 aliphatic rings. The number of hydrogen-bond donors (Lipinski definition) is 0. The van der Waals surface area contributed by atoms with Crippen LogP contribution in [0.5, 0.6) is 11.5 Å². The van der Waals surface area contributed by atoms with Crippen LogP contribution in [0.15, 0.2) is 36.4 Å². The van der Waals surface area contributed by atoms with Crippen LogP contribution in [0, 0.1) is 23.5 Å². The van der Waals surface area contributed by atoms with Crippen molar-refractivity contribution in [3.05, 3.63) is 59.2 Å². The molecule has 1 atom stereocenters. The third-order valence-electron chi connectivity index (χ3n) is 8.36. The molecule has 1 saturated carbocycles. The zero-order valence-electron chi connectivity index (χ0n) is 21.8. The molecular formula is C30H37F2IN2O2. The van der Waals surface area contributed by atoms with Crippen molar-refractivity contribution >= 4 is 28.5 Å². The molecule has 0 aromatic heterocycles. The molecule has 1 amide bonds. The second kappa shape index (κ2) is 11.2. The lowest BCUT2D eigenvalue weighted by molar-refractivity contribution is 0.0573. The SMILES string of the molecule is CC(C)C(CCC1CCN(CC2(I)CC2)CC1)N1CCc2ccc(Oc3ccc(F)cc3F)cc2C1=O. The first kappa shape index (κ1) is 26.9. The van der Waals surface area contributed by atoms with E-state index in [1.807, 2.05) is 6.07 Å². The van der Waals surface area contributed by atoms with Gasteiger partial charge in [-0.3, -0.25) is 4.79 Å². The number of benzene rings is 2. The first-order chi connectivity index (χ1) is 17.7. The number of halogens is 3. The van der Waals surface area contributed by atoms with Gasteiger partial charge in [0.05, 0.1) is 0 Å². The summed E-state index contributed by atoms with van der Waals surface area (Å²) < 4.78 is 33.6. The maximum absolute atomic E-state index is 14.1. The predicted molar refractivity (Wildman–Crippen MR) is 151 cm³/mol. The first-order valence-electron chi connectivity index (χ1n) is 13.7. The summed E-state index contributed by atoms with van der Waals surface area (Å²) in [5.41, 5.74) is 1.62. The Balaban J connectivity index is 1.21. The molecule has 1 saturated heterocycles. The monoisotopic (exact) mass is 622 g/mol. The summed E-state index contributed by atoms with van der Waals surface area (Å²) in [4.78, 5) is 18.4. The van der Waals surface area contributed by atoms with E-state index in [9.17, 15) is 13.6 Å². The van der Waals surface area contributed by atoms with E-state index >= 15 is 0 Å². The fourth-order valence-electron chi connectivity index (χ4n) is 5.92. The average molecular weight is 623 g/mol. The molecule has 1 aliphatic carbocycles. The van der Waals surface area contributed by atoms with E-state index in [1.54, 1.807) is 12.1 Å². The summed E-state index contributed by atoms with van der Waals surface area (Å²) >= 11 is 2.65. The number of fused-ring (bicyclic) bond motifs is 1. The highest BCUT2D eigenvalue weighted by Gasteiger charge is 2.41. The number of ether oxygens (including phenoxy) is 1. The predicted octanol–water partition coefficient (Wildman–Crippen LogP) is 7.24. The molecule has 0 bridgehead atoms. The topological polar surface area (TPSA) is 32.8 Å². The molecule has 2 aromatic rings. The summed E-state index contributed by atoms with van der Waals surface area (Å²) in [7, 11) is 0. The van der Waals surface area contributed by atoms with Gasteiger partial charge in [0.2, 0.25) is 0 Å². The van der Waals surface area contributed by atoms with Crippen LogP contribution in [0.1, 0.15) is 68.3 Å². The Morgan fingerprint density at radius 3 is 2.51 bits per heavy atom. The minimum absolute atomic E-state index is 0.0246. The molecule has 2 aromatic carbocycles. The van der Waals surface area contributed by atoms with Gasteiger partial charge in [-0.05, 0) is 99.7 Å². The Morgan fingerprint density at radius 1 is 1.08 bits per heavy atom. The van der Waals surface area contributed by atoms with Crippen LogP contribution in [-0.4, -0.2) is 51.3 Å². The number of likely N-dealkylation sites (tertiary alicyclic amines) is 1. The number of carbonyl (C=O) groups is 1. The Hall–Kier alpha value is -1.74. The lowest BCUT2D eigenvalue weighted by Crippen LogP contribution is -2.47. The van der Waals surface area contributed by atoms with Crippen LogP contribution in [0.4, 0.5) is 8.78 Å². The summed E-state index contributed by atoms with van der Waals surface area (Å²) in [6.45, 7) is 8.79. The fourth-order valence-corrected chi connectivity index (χ4v) is 6.67. The van der Waals surface area contributed by atoms with Gasteiger partial charge in [-0.25, -0.2) is 8.78 Å². The van der Waals surface area contributed by atoms with Gasteiger partial charge in [0.1, 0.15) is 11.6 Å². The molecule has 1 unspecified atom stereocenters. The van der Waals surface area contributed by atoms with Crippen molar-refractivity contribution in [3.63, 3.8) is 0 Å². The molecule has 2 heterocycles. The zero-order valence-corrected chi connectivity index (χ0v) is 24.0. The van der Waals surface area contributed by atoms with Crippen LogP contribution >= 0.6 is 22.6 Å². The van der Waals surface area contributed by atoms with Crippen molar-refractivity contribution in [1.29, 1.82) is 0 Å². The number of hydrogen-bond acceptors (Lipinski definition) is 3. The van der Waals surface area contributed by atoms with E-state index in [4.69, 9.17) is 4.74 Å². The summed E-state index contributed by atoms with van der Waals surface area (Å²) in [6.07, 6.45) is 8.24. The minimum Gasteiger partial charge on any atom is -0.454 e. The van der Waals surface area contributed by atoms with E-state index in [-0.39, 0.29) is 17.7 Å². The smallest absolute Gasteiger partial charge is 0.254 e. The van der Waals surface area contributed by atoms with Crippen molar-refractivity contribution in [3.8, 4) is 11.5 Å². The number of amides is 1. The maximum atomic E-state index is 14.1. The molecule has 200 valence electrons. The number of carbonyl (C=O) groups excluding carboxylic acids is 1. The largest absolute Gasteiger partial charge is 0.454 e. The van der Waals surface area contributed by atoms with Crippen molar-refractivity contribution < 1.29 is 18.3 Å². The van der Waals surface area contributed by atoms with E-state index in [0.29, 0.717) is 20.7 Å². The average Bonchev–Trinajstić information content (AvgIpc) is 3.59. The van der Waals surface area contributed by atoms with Gasteiger partial charge in [-0.15, -0.1) is 0 Å². The van der Waals surface area contributed by atoms with Crippen molar-refractivity contribution in [1.82, 2.24) is 9.80 Å². The van der Waals surface area contributed by atoms with Crippen molar-refractivity contribution in [2.45, 2.75) is 68.3 Å². The molecule has 4 nitrogen and oxygen atoms in total. The highest BCUT2D eigenvalue weighted by molar-refractivity contribution is 14.1. The van der Waals surface area contributed by atoms with Crippen molar-refractivity contribution in [2.75, 3.05) is 26.2 Å². The van der Waals surface area contributed by atoms with E-state index < -0.39 is 11.6 Å². The van der Waals surface area contributed by atoms with Crippen LogP contribution in [0.2, 0.25) is 0 Å². The van der Waals surface area contributed by atoms with E-state index in [0.717, 1.165) is 49.4 Å². The first-order valence-corrected chi connectivity index (χ1v) is 14.8. The van der Waals surface area contributed by atoms with Crippen LogP contribution in [-0.2, 0) is 6.42 Å². The van der Waals surface area contributed by atoms with Gasteiger partial charge >= 0.3 is 0 Å². The highest BCUT2D eigenvalue weighted by atomic mass is 127. The molecular weight excluding hydrogens is 585 g/mol.